The fourth-order valence-electron chi connectivity index (χ4n) is 3.66. The molecule has 1 aromatic heterocycles. The molecule has 24 heavy (non-hydrogen) atoms. The van der Waals surface area contributed by atoms with E-state index < -0.39 is 5.60 Å². The number of ether oxygens (including phenoxy) is 1. The van der Waals surface area contributed by atoms with Crippen molar-refractivity contribution in [1.82, 2.24) is 9.97 Å². The Morgan fingerprint density at radius 1 is 1.29 bits per heavy atom. The summed E-state index contributed by atoms with van der Waals surface area (Å²) in [5.41, 5.74) is 0.394. The summed E-state index contributed by atoms with van der Waals surface area (Å²) in [7, 11) is 0. The summed E-state index contributed by atoms with van der Waals surface area (Å²) in [6, 6.07) is 2.07. The van der Waals surface area contributed by atoms with Gasteiger partial charge in [-0.25, -0.2) is 4.98 Å². The Labute approximate surface area is 144 Å². The molecule has 3 heterocycles. The van der Waals surface area contributed by atoms with E-state index in [9.17, 15) is 5.11 Å². The van der Waals surface area contributed by atoms with Crippen LogP contribution in [0.15, 0.2) is 6.07 Å². The van der Waals surface area contributed by atoms with Gasteiger partial charge in [0.1, 0.15) is 5.82 Å². The molecule has 0 aromatic carbocycles. The molecule has 2 fully saturated rings. The van der Waals surface area contributed by atoms with Gasteiger partial charge in [0.15, 0.2) is 0 Å². The number of hydrogen-bond acceptors (Lipinski definition) is 6. The topological polar surface area (TPSA) is 61.7 Å². The summed E-state index contributed by atoms with van der Waals surface area (Å²) < 4.78 is 5.43. The molecule has 3 rings (SSSR count). The zero-order valence-corrected chi connectivity index (χ0v) is 15.3. The highest BCUT2D eigenvalue weighted by molar-refractivity contribution is 5.48. The number of rotatable bonds is 4. The highest BCUT2D eigenvalue weighted by Gasteiger charge is 2.45. The van der Waals surface area contributed by atoms with Crippen LogP contribution >= 0.6 is 0 Å². The van der Waals surface area contributed by atoms with E-state index in [1.54, 1.807) is 0 Å². The molecule has 0 unspecified atom stereocenters. The van der Waals surface area contributed by atoms with Crippen molar-refractivity contribution in [3.8, 4) is 0 Å². The monoisotopic (exact) mass is 334 g/mol. The van der Waals surface area contributed by atoms with Gasteiger partial charge in [-0.2, -0.15) is 4.98 Å². The lowest BCUT2D eigenvalue weighted by atomic mass is 9.82. The van der Waals surface area contributed by atoms with Crippen LogP contribution in [-0.4, -0.2) is 60.1 Å². The minimum atomic E-state index is -0.656. The fourth-order valence-corrected chi connectivity index (χ4v) is 3.66. The smallest absolute Gasteiger partial charge is 0.227 e. The molecule has 6 heteroatoms. The van der Waals surface area contributed by atoms with E-state index in [-0.39, 0.29) is 11.8 Å². The highest BCUT2D eigenvalue weighted by Crippen LogP contribution is 2.36. The standard InChI is InChI=1S/C18H30N4O2/c1-5-15-10-16(20-17(19-15)21-6-8-24-9-7-21)22-11-14(4)18(23,12-22)13(2)3/h10,13-14,23H,5-9,11-12H2,1-4H3/t14-,18-/m1/s1. The van der Waals surface area contributed by atoms with Crippen molar-refractivity contribution >= 4 is 11.8 Å². The van der Waals surface area contributed by atoms with Crippen LogP contribution in [0.25, 0.3) is 0 Å². The Hall–Kier alpha value is -1.40. The molecule has 6 nitrogen and oxygen atoms in total. The number of aromatic nitrogens is 2. The van der Waals surface area contributed by atoms with E-state index in [1.807, 2.05) is 0 Å². The first-order chi connectivity index (χ1) is 11.4. The zero-order chi connectivity index (χ0) is 17.3. The maximum absolute atomic E-state index is 11.0. The third kappa shape index (κ3) is 3.22. The lowest BCUT2D eigenvalue weighted by Crippen LogP contribution is -2.42. The normalized spacial score (nSPS) is 28.0. The van der Waals surface area contributed by atoms with Crippen LogP contribution in [-0.2, 0) is 11.2 Å². The number of β-amino-alcohol motifs (C(OH)–C–C–N with tert-alkyl or cyclic N) is 1. The molecule has 2 aliphatic rings. The summed E-state index contributed by atoms with van der Waals surface area (Å²) in [6.07, 6.45) is 0.880. The van der Waals surface area contributed by atoms with Crippen LogP contribution in [0.3, 0.4) is 0 Å². The second-order valence-electron chi connectivity index (χ2n) is 7.40. The second kappa shape index (κ2) is 6.84. The highest BCUT2D eigenvalue weighted by atomic mass is 16.5. The summed E-state index contributed by atoms with van der Waals surface area (Å²) >= 11 is 0. The van der Waals surface area contributed by atoms with E-state index in [0.717, 1.165) is 56.7 Å². The lowest BCUT2D eigenvalue weighted by Gasteiger charge is -2.31. The summed E-state index contributed by atoms with van der Waals surface area (Å²) in [5.74, 6) is 2.18. The van der Waals surface area contributed by atoms with Crippen LogP contribution in [0.4, 0.5) is 11.8 Å². The van der Waals surface area contributed by atoms with Gasteiger partial charge in [0.25, 0.3) is 0 Å². The van der Waals surface area contributed by atoms with E-state index in [0.29, 0.717) is 6.54 Å². The van der Waals surface area contributed by atoms with Gasteiger partial charge in [-0.15, -0.1) is 0 Å². The van der Waals surface area contributed by atoms with E-state index >= 15 is 0 Å². The third-order valence-corrected chi connectivity index (χ3v) is 5.53. The van der Waals surface area contributed by atoms with Crippen molar-refractivity contribution in [3.63, 3.8) is 0 Å². The van der Waals surface area contributed by atoms with Crippen molar-refractivity contribution in [1.29, 1.82) is 0 Å². The quantitative estimate of drug-likeness (QED) is 0.905. The van der Waals surface area contributed by atoms with Crippen molar-refractivity contribution < 1.29 is 9.84 Å². The Bertz CT molecular complexity index is 574. The van der Waals surface area contributed by atoms with Gasteiger partial charge < -0.3 is 19.6 Å². The van der Waals surface area contributed by atoms with Crippen LogP contribution < -0.4 is 9.80 Å². The van der Waals surface area contributed by atoms with Gasteiger partial charge in [-0.3, -0.25) is 0 Å². The lowest BCUT2D eigenvalue weighted by molar-refractivity contribution is -0.0187. The van der Waals surface area contributed by atoms with Crippen molar-refractivity contribution in [3.05, 3.63) is 11.8 Å². The third-order valence-electron chi connectivity index (χ3n) is 5.53. The predicted octanol–water partition coefficient (Wildman–Crippen LogP) is 1.72. The van der Waals surface area contributed by atoms with E-state index in [2.05, 4.69) is 43.6 Å². The number of aliphatic hydroxyl groups is 1. The maximum atomic E-state index is 11.0. The zero-order valence-electron chi connectivity index (χ0n) is 15.3. The molecule has 0 bridgehead atoms. The molecular formula is C18H30N4O2. The average molecular weight is 334 g/mol. The Morgan fingerprint density at radius 3 is 2.58 bits per heavy atom. The SMILES string of the molecule is CCc1cc(N2C[C@@H](C)[C@](O)(C(C)C)C2)nc(N2CCOCC2)n1. The average Bonchev–Trinajstić information content (AvgIpc) is 2.92. The van der Waals surface area contributed by atoms with Gasteiger partial charge in [-0.1, -0.05) is 27.7 Å². The Balaban J connectivity index is 1.88. The summed E-state index contributed by atoms with van der Waals surface area (Å²) in [4.78, 5) is 13.9. The Morgan fingerprint density at radius 2 is 2.00 bits per heavy atom. The first-order valence-corrected chi connectivity index (χ1v) is 9.12. The van der Waals surface area contributed by atoms with Gasteiger partial charge in [0.05, 0.1) is 18.8 Å². The van der Waals surface area contributed by atoms with Crippen LogP contribution in [0.1, 0.15) is 33.4 Å². The van der Waals surface area contributed by atoms with Crippen LogP contribution in [0.5, 0.6) is 0 Å². The number of hydrogen-bond donors (Lipinski definition) is 1. The van der Waals surface area contributed by atoms with E-state index in [1.165, 1.54) is 0 Å². The molecule has 0 saturated carbocycles. The molecule has 2 atom stereocenters. The fraction of sp³-hybridized carbons (Fsp3) is 0.778. The van der Waals surface area contributed by atoms with Gasteiger partial charge in [-0.05, 0) is 12.3 Å². The second-order valence-corrected chi connectivity index (χ2v) is 7.40. The van der Waals surface area contributed by atoms with Gasteiger partial charge >= 0.3 is 0 Å². The van der Waals surface area contributed by atoms with E-state index in [4.69, 9.17) is 14.7 Å². The first-order valence-electron chi connectivity index (χ1n) is 9.12. The van der Waals surface area contributed by atoms with Gasteiger partial charge in [0.2, 0.25) is 5.95 Å². The molecular weight excluding hydrogens is 304 g/mol. The number of anilines is 2. The number of morpholine rings is 1. The molecule has 1 N–H and O–H groups in total. The molecule has 2 saturated heterocycles. The molecule has 0 aliphatic carbocycles. The molecule has 0 spiro atoms. The Kier molecular flexibility index (Phi) is 4.97. The van der Waals surface area contributed by atoms with Crippen LogP contribution in [0.2, 0.25) is 0 Å². The number of nitrogens with zero attached hydrogens (tertiary/aromatic N) is 4. The molecule has 1 aromatic rings. The largest absolute Gasteiger partial charge is 0.387 e. The van der Waals surface area contributed by atoms with Crippen LogP contribution in [0, 0.1) is 11.8 Å². The first kappa shape index (κ1) is 17.4. The molecule has 0 amide bonds. The maximum Gasteiger partial charge on any atom is 0.227 e. The number of aryl methyl sites for hydroxylation is 1. The van der Waals surface area contributed by atoms with Crippen molar-refractivity contribution in [2.45, 2.75) is 39.7 Å². The van der Waals surface area contributed by atoms with Crippen molar-refractivity contribution in [2.75, 3.05) is 49.2 Å². The predicted molar refractivity (Wildman–Crippen MR) is 95.6 cm³/mol. The molecule has 0 radical (unpaired) electrons. The molecule has 134 valence electrons. The summed E-state index contributed by atoms with van der Waals surface area (Å²) in [5, 5.41) is 11.0. The summed E-state index contributed by atoms with van der Waals surface area (Å²) in [6.45, 7) is 13.0. The van der Waals surface area contributed by atoms with Crippen molar-refractivity contribution in [2.24, 2.45) is 11.8 Å². The minimum Gasteiger partial charge on any atom is -0.387 e. The van der Waals surface area contributed by atoms with Gasteiger partial charge in [0, 0.05) is 43.9 Å². The molecule has 2 aliphatic heterocycles. The minimum absolute atomic E-state index is 0.226.